The van der Waals surface area contributed by atoms with E-state index in [0.29, 0.717) is 30.9 Å². The first-order valence-electron chi connectivity index (χ1n) is 12.7. The van der Waals surface area contributed by atoms with Crippen LogP contribution in [0.3, 0.4) is 0 Å². The molecule has 3 aromatic carbocycles. The Morgan fingerprint density at radius 1 is 0.946 bits per heavy atom. The molecule has 5 rings (SSSR count). The highest BCUT2D eigenvalue weighted by Crippen LogP contribution is 2.41. The van der Waals surface area contributed by atoms with Gasteiger partial charge in [-0.05, 0) is 60.6 Å². The Hall–Kier alpha value is -3.84. The summed E-state index contributed by atoms with van der Waals surface area (Å²) >= 11 is 0. The van der Waals surface area contributed by atoms with Crippen molar-refractivity contribution < 1.29 is 19.1 Å². The molecule has 0 unspecified atom stereocenters. The molecule has 0 aliphatic carbocycles. The monoisotopic (exact) mass is 499 g/mol. The van der Waals surface area contributed by atoms with E-state index >= 15 is 0 Å². The number of hydrogen-bond acceptors (Lipinski definition) is 5. The molecule has 2 heterocycles. The highest BCUT2D eigenvalue weighted by Gasteiger charge is 2.48. The van der Waals surface area contributed by atoms with Gasteiger partial charge in [0.25, 0.3) is 5.91 Å². The van der Waals surface area contributed by atoms with Crippen LogP contribution in [0, 0.1) is 0 Å². The quantitative estimate of drug-likeness (QED) is 0.461. The summed E-state index contributed by atoms with van der Waals surface area (Å²) in [6.07, 6.45) is 2.02. The number of ether oxygens (including phenoxy) is 2. The van der Waals surface area contributed by atoms with Crippen LogP contribution in [0.2, 0.25) is 0 Å². The average Bonchev–Trinajstić information content (AvgIpc) is 3.15. The van der Waals surface area contributed by atoms with Crippen LogP contribution >= 0.6 is 0 Å². The topological polar surface area (TPSA) is 71.1 Å². The molecule has 3 amide bonds. The lowest BCUT2D eigenvalue weighted by Crippen LogP contribution is -2.48. The van der Waals surface area contributed by atoms with Gasteiger partial charge in [-0.25, -0.2) is 9.69 Å². The summed E-state index contributed by atoms with van der Waals surface area (Å²) < 4.78 is 11.1. The van der Waals surface area contributed by atoms with E-state index in [4.69, 9.17) is 9.47 Å². The van der Waals surface area contributed by atoms with Gasteiger partial charge in [0.15, 0.2) is 11.5 Å². The van der Waals surface area contributed by atoms with E-state index in [1.807, 2.05) is 67.6 Å². The molecule has 1 saturated heterocycles. The molecule has 0 bridgehead atoms. The number of nitrogens with one attached hydrogen (secondary N) is 1. The van der Waals surface area contributed by atoms with Crippen LogP contribution in [0.15, 0.2) is 72.8 Å². The number of hydrogen-bond donors (Lipinski definition) is 1. The van der Waals surface area contributed by atoms with E-state index in [1.165, 1.54) is 10.5 Å². The van der Waals surface area contributed by atoms with Gasteiger partial charge in [0.1, 0.15) is 5.54 Å². The zero-order chi connectivity index (χ0) is 26.0. The zero-order valence-electron chi connectivity index (χ0n) is 21.6. The number of methoxy groups -OCH3 is 2. The number of carbonyl (C=O) groups excluding carboxylic acids is 2. The van der Waals surface area contributed by atoms with Crippen LogP contribution in [0.25, 0.3) is 0 Å². The third-order valence-corrected chi connectivity index (χ3v) is 7.51. The van der Waals surface area contributed by atoms with Gasteiger partial charge in [-0.1, -0.05) is 60.7 Å². The summed E-state index contributed by atoms with van der Waals surface area (Å²) in [7, 11) is 3.27. The van der Waals surface area contributed by atoms with Gasteiger partial charge in [0, 0.05) is 6.54 Å². The molecule has 2 aliphatic rings. The normalized spacial score (nSPS) is 21.5. The summed E-state index contributed by atoms with van der Waals surface area (Å²) in [5.74, 6) is 1.18. The van der Waals surface area contributed by atoms with Crippen molar-refractivity contribution in [1.29, 1.82) is 0 Å². The smallest absolute Gasteiger partial charge is 0.326 e. The first-order valence-corrected chi connectivity index (χ1v) is 12.7. The van der Waals surface area contributed by atoms with Crippen molar-refractivity contribution in [2.45, 2.75) is 37.8 Å². The molecule has 7 heteroatoms. The zero-order valence-corrected chi connectivity index (χ0v) is 21.6. The van der Waals surface area contributed by atoms with Gasteiger partial charge in [-0.2, -0.15) is 0 Å². The number of fused-ring (bicyclic) bond motifs is 1. The van der Waals surface area contributed by atoms with Crippen LogP contribution in [0.4, 0.5) is 4.79 Å². The molecule has 1 N–H and O–H groups in total. The molecular weight excluding hydrogens is 466 g/mol. The minimum Gasteiger partial charge on any atom is -0.493 e. The van der Waals surface area contributed by atoms with Crippen molar-refractivity contribution in [1.82, 2.24) is 15.1 Å². The van der Waals surface area contributed by atoms with Crippen LogP contribution in [-0.4, -0.2) is 54.7 Å². The second kappa shape index (κ2) is 10.3. The Labute approximate surface area is 218 Å². The number of benzene rings is 3. The van der Waals surface area contributed by atoms with Crippen LogP contribution in [0.1, 0.15) is 41.6 Å². The van der Waals surface area contributed by atoms with Gasteiger partial charge >= 0.3 is 6.03 Å². The fourth-order valence-electron chi connectivity index (χ4n) is 5.44. The summed E-state index contributed by atoms with van der Waals surface area (Å²) in [6.45, 7) is 2.73. The van der Waals surface area contributed by atoms with Crippen molar-refractivity contribution in [3.63, 3.8) is 0 Å². The maximum absolute atomic E-state index is 13.6. The molecule has 0 radical (unpaired) electrons. The van der Waals surface area contributed by atoms with E-state index in [9.17, 15) is 9.59 Å². The second-order valence-corrected chi connectivity index (χ2v) is 9.90. The maximum atomic E-state index is 13.6. The summed E-state index contributed by atoms with van der Waals surface area (Å²) in [6, 6.07) is 23.8. The highest BCUT2D eigenvalue weighted by molar-refractivity contribution is 6.06. The second-order valence-electron chi connectivity index (χ2n) is 9.90. The third kappa shape index (κ3) is 4.79. The van der Waals surface area contributed by atoms with Crippen LogP contribution in [-0.2, 0) is 17.6 Å². The van der Waals surface area contributed by atoms with Gasteiger partial charge < -0.3 is 14.8 Å². The Balaban J connectivity index is 1.42. The molecule has 0 spiro atoms. The fraction of sp³-hybridized carbons (Fsp3) is 0.333. The minimum absolute atomic E-state index is 0.137. The number of carbonyl (C=O) groups is 2. The van der Waals surface area contributed by atoms with E-state index in [0.717, 1.165) is 23.1 Å². The molecule has 1 fully saturated rings. The minimum atomic E-state index is -0.931. The summed E-state index contributed by atoms with van der Waals surface area (Å²) in [5, 5.41) is 2.97. The Morgan fingerprint density at radius 3 is 2.27 bits per heavy atom. The van der Waals surface area contributed by atoms with Gasteiger partial charge in [-0.15, -0.1) is 0 Å². The molecule has 0 saturated carbocycles. The predicted octanol–water partition coefficient (Wildman–Crippen LogP) is 4.55. The molecule has 192 valence electrons. The number of rotatable bonds is 8. The number of amides is 3. The Kier molecular flexibility index (Phi) is 6.89. The van der Waals surface area contributed by atoms with E-state index in [1.54, 1.807) is 14.2 Å². The fourth-order valence-corrected chi connectivity index (χ4v) is 5.44. The lowest BCUT2D eigenvalue weighted by atomic mass is 9.88. The van der Waals surface area contributed by atoms with Crippen molar-refractivity contribution in [2.24, 2.45) is 0 Å². The average molecular weight is 500 g/mol. The molecular formula is C30H33N3O4. The third-order valence-electron chi connectivity index (χ3n) is 7.51. The maximum Gasteiger partial charge on any atom is 0.326 e. The van der Waals surface area contributed by atoms with E-state index < -0.39 is 5.54 Å². The SMILES string of the molecule is COc1cc2c(cc1OC)[C@H](c1ccccc1)N(CN1C(=O)N[C@](C)(CCc3ccccc3)C1=O)CC2. The Bertz CT molecular complexity index is 1280. The lowest BCUT2D eigenvalue weighted by Gasteiger charge is -2.39. The number of nitrogens with zero attached hydrogens (tertiary/aromatic N) is 2. The molecule has 0 aromatic heterocycles. The predicted molar refractivity (Wildman–Crippen MR) is 142 cm³/mol. The van der Waals surface area contributed by atoms with E-state index in [2.05, 4.69) is 22.3 Å². The van der Waals surface area contributed by atoms with Gasteiger partial charge in [0.05, 0.1) is 26.9 Å². The molecule has 2 atom stereocenters. The number of aryl methyl sites for hydroxylation is 1. The standard InChI is InChI=1S/C30H33N3O4/c1-30(16-14-21-10-6-4-7-11-21)28(34)33(29(35)31-30)20-32-17-15-23-18-25(36-2)26(37-3)19-24(23)27(32)22-12-8-5-9-13-22/h4-13,18-19,27H,14-17,20H2,1-3H3,(H,31,35)/t27-,30+/m0/s1. The van der Waals surface area contributed by atoms with E-state index in [-0.39, 0.29) is 24.6 Å². The lowest BCUT2D eigenvalue weighted by molar-refractivity contribution is -0.132. The Morgan fingerprint density at radius 2 is 1.59 bits per heavy atom. The molecule has 3 aromatic rings. The first-order chi connectivity index (χ1) is 17.9. The van der Waals surface area contributed by atoms with Crippen LogP contribution < -0.4 is 14.8 Å². The van der Waals surface area contributed by atoms with Gasteiger partial charge in [0.2, 0.25) is 0 Å². The van der Waals surface area contributed by atoms with Crippen molar-refractivity contribution >= 4 is 11.9 Å². The van der Waals surface area contributed by atoms with Crippen molar-refractivity contribution in [3.05, 3.63) is 95.1 Å². The summed E-state index contributed by atoms with van der Waals surface area (Å²) in [4.78, 5) is 30.2. The van der Waals surface area contributed by atoms with Crippen molar-refractivity contribution in [3.8, 4) is 11.5 Å². The van der Waals surface area contributed by atoms with Crippen molar-refractivity contribution in [2.75, 3.05) is 27.4 Å². The molecule has 2 aliphatic heterocycles. The molecule has 7 nitrogen and oxygen atoms in total. The largest absolute Gasteiger partial charge is 0.493 e. The van der Waals surface area contributed by atoms with Gasteiger partial charge in [-0.3, -0.25) is 9.69 Å². The summed E-state index contributed by atoms with van der Waals surface area (Å²) in [5.41, 5.74) is 3.57. The first kappa shape index (κ1) is 24.8. The molecule has 37 heavy (non-hydrogen) atoms. The highest BCUT2D eigenvalue weighted by atomic mass is 16.5. The number of imide groups is 1. The number of urea groups is 1. The van der Waals surface area contributed by atoms with Crippen LogP contribution in [0.5, 0.6) is 11.5 Å².